The van der Waals surface area contributed by atoms with E-state index < -0.39 is 8.07 Å². The van der Waals surface area contributed by atoms with Crippen LogP contribution in [0.2, 0.25) is 19.6 Å². The Morgan fingerprint density at radius 1 is 1.27 bits per heavy atom. The van der Waals surface area contributed by atoms with Gasteiger partial charge in [0.2, 0.25) is 0 Å². The van der Waals surface area contributed by atoms with E-state index in [1.165, 1.54) is 44.4 Å². The molecule has 0 radical (unpaired) electrons. The van der Waals surface area contributed by atoms with E-state index in [2.05, 4.69) is 19.6 Å². The van der Waals surface area contributed by atoms with E-state index in [9.17, 15) is 4.79 Å². The van der Waals surface area contributed by atoms with Gasteiger partial charge in [0, 0.05) is 5.92 Å². The molecule has 0 N–H and O–H groups in total. The Morgan fingerprint density at radius 3 is 2.73 bits per heavy atom. The summed E-state index contributed by atoms with van der Waals surface area (Å²) in [5.41, 5.74) is 0.985. The molecule has 2 aliphatic heterocycles. The maximum atomic E-state index is 12.5. The Morgan fingerprint density at radius 2 is 2.05 bits per heavy atom. The molecule has 1 spiro atoms. The summed E-state index contributed by atoms with van der Waals surface area (Å²) in [5, 5.41) is 1.50. The highest BCUT2D eigenvalue weighted by Crippen LogP contribution is 2.65. The molecule has 0 aromatic heterocycles. The van der Waals surface area contributed by atoms with Crippen molar-refractivity contribution in [1.29, 1.82) is 0 Å². The zero-order chi connectivity index (χ0) is 15.7. The molecule has 2 saturated carbocycles. The van der Waals surface area contributed by atoms with E-state index in [4.69, 9.17) is 9.47 Å². The zero-order valence-corrected chi connectivity index (χ0v) is 15.3. The molecule has 0 amide bonds. The van der Waals surface area contributed by atoms with Gasteiger partial charge in [0.05, 0.1) is 32.5 Å². The summed E-state index contributed by atoms with van der Waals surface area (Å²) >= 11 is 0. The average Bonchev–Trinajstić information content (AvgIpc) is 2.69. The fraction of sp³-hybridized carbons (Fsp3) is 0.833. The van der Waals surface area contributed by atoms with Crippen LogP contribution in [0.5, 0.6) is 0 Å². The largest absolute Gasteiger partial charge is 0.466 e. The molecule has 0 aromatic rings. The summed E-state index contributed by atoms with van der Waals surface area (Å²) in [6, 6.07) is 0. The number of hydrogen-bond donors (Lipinski definition) is 0. The fourth-order valence-electron chi connectivity index (χ4n) is 6.14. The predicted molar refractivity (Wildman–Crippen MR) is 88.2 cm³/mol. The van der Waals surface area contributed by atoms with Gasteiger partial charge in [0.1, 0.15) is 0 Å². The van der Waals surface area contributed by atoms with Crippen molar-refractivity contribution >= 4 is 14.0 Å². The minimum Gasteiger partial charge on any atom is -0.466 e. The van der Waals surface area contributed by atoms with Crippen molar-refractivity contribution in [2.45, 2.75) is 69.9 Å². The first-order valence-corrected chi connectivity index (χ1v) is 12.4. The number of hydrogen-bond acceptors (Lipinski definition) is 3. The molecule has 5 aliphatic rings. The third kappa shape index (κ3) is 1.80. The first kappa shape index (κ1) is 14.9. The molecule has 0 aromatic carbocycles. The van der Waals surface area contributed by atoms with Gasteiger partial charge < -0.3 is 9.47 Å². The summed E-state index contributed by atoms with van der Waals surface area (Å²) in [7, 11) is -0.0688. The van der Waals surface area contributed by atoms with Gasteiger partial charge in [0.15, 0.2) is 0 Å². The second-order valence-electron chi connectivity index (χ2n) is 8.78. The predicted octanol–water partition coefficient (Wildman–Crippen LogP) is 3.70. The van der Waals surface area contributed by atoms with Crippen LogP contribution in [0.1, 0.15) is 38.5 Å². The first-order chi connectivity index (χ1) is 10.4. The molecule has 4 bridgehead atoms. The minimum atomic E-state index is -1.58. The molecular weight excluding hydrogens is 292 g/mol. The fourth-order valence-corrected chi connectivity index (χ4v) is 8.62. The lowest BCUT2D eigenvalue weighted by Crippen LogP contribution is -2.59. The van der Waals surface area contributed by atoms with Crippen molar-refractivity contribution in [1.82, 2.24) is 0 Å². The Balaban J connectivity index is 1.88. The maximum absolute atomic E-state index is 12.5. The molecule has 22 heavy (non-hydrogen) atoms. The van der Waals surface area contributed by atoms with Gasteiger partial charge in [-0.3, -0.25) is 0 Å². The molecule has 3 fully saturated rings. The van der Waals surface area contributed by atoms with E-state index >= 15 is 0 Å². The topological polar surface area (TPSA) is 35.5 Å². The van der Waals surface area contributed by atoms with Crippen LogP contribution in [0.3, 0.4) is 0 Å². The van der Waals surface area contributed by atoms with Crippen molar-refractivity contribution in [3.05, 3.63) is 10.8 Å². The smallest absolute Gasteiger partial charge is 0.335 e. The lowest BCUT2D eigenvalue weighted by atomic mass is 9.67. The van der Waals surface area contributed by atoms with Crippen LogP contribution < -0.4 is 0 Å². The summed E-state index contributed by atoms with van der Waals surface area (Å²) in [4.78, 5) is 12.5. The highest BCUT2D eigenvalue weighted by atomic mass is 28.3. The number of methoxy groups -OCH3 is 1. The number of carbonyl (C=O) groups is 1. The SMILES string of the molecule is COC(=O)C1=C([Si](C)(C)C)[C@@H]2[C@H]3C[C@@H]4CCCC[C@]42O[C@@H]1C3. The lowest BCUT2D eigenvalue weighted by molar-refractivity contribution is -0.180. The van der Waals surface area contributed by atoms with Gasteiger partial charge in [-0.1, -0.05) is 37.7 Å². The van der Waals surface area contributed by atoms with Crippen molar-refractivity contribution < 1.29 is 14.3 Å². The number of esters is 1. The first-order valence-electron chi connectivity index (χ1n) is 8.89. The van der Waals surface area contributed by atoms with Crippen LogP contribution in [0.4, 0.5) is 0 Å². The van der Waals surface area contributed by atoms with E-state index in [0.29, 0.717) is 5.92 Å². The van der Waals surface area contributed by atoms with Crippen LogP contribution in [-0.2, 0) is 14.3 Å². The van der Waals surface area contributed by atoms with Crippen LogP contribution in [0.15, 0.2) is 10.8 Å². The molecule has 3 aliphatic carbocycles. The normalized spacial score (nSPS) is 43.3. The van der Waals surface area contributed by atoms with E-state index in [0.717, 1.165) is 23.8 Å². The van der Waals surface area contributed by atoms with Crippen molar-refractivity contribution in [2.75, 3.05) is 7.11 Å². The molecular formula is C18H28O3Si. The standard InChI is InChI=1S/C18H28O3Si/c1-20-17(19)14-13-10-11-9-12-7-5-6-8-18(12,21-13)15(11)16(14)22(2,3)4/h11-13,15H,5-10H2,1-4H3/t11-,12-,13+,15-,18-/m0/s1. The van der Waals surface area contributed by atoms with Gasteiger partial charge in [-0.05, 0) is 37.5 Å². The molecule has 4 heteroatoms. The van der Waals surface area contributed by atoms with E-state index in [-0.39, 0.29) is 17.7 Å². The molecule has 1 saturated heterocycles. The molecule has 2 heterocycles. The van der Waals surface area contributed by atoms with Gasteiger partial charge in [-0.2, -0.15) is 0 Å². The van der Waals surface area contributed by atoms with Crippen LogP contribution >= 0.6 is 0 Å². The van der Waals surface area contributed by atoms with Crippen LogP contribution in [-0.4, -0.2) is 32.9 Å². The van der Waals surface area contributed by atoms with E-state index in [1.54, 1.807) is 0 Å². The maximum Gasteiger partial charge on any atom is 0.335 e. The quantitative estimate of drug-likeness (QED) is 0.575. The van der Waals surface area contributed by atoms with Crippen molar-refractivity contribution in [2.24, 2.45) is 17.8 Å². The van der Waals surface area contributed by atoms with Gasteiger partial charge >= 0.3 is 5.97 Å². The monoisotopic (exact) mass is 320 g/mol. The highest BCUT2D eigenvalue weighted by Gasteiger charge is 2.66. The van der Waals surface area contributed by atoms with E-state index in [1.807, 2.05) is 0 Å². The second kappa shape index (κ2) is 4.70. The zero-order valence-electron chi connectivity index (χ0n) is 14.3. The second-order valence-corrected chi connectivity index (χ2v) is 13.8. The Kier molecular flexibility index (Phi) is 3.19. The molecule has 0 unspecified atom stereocenters. The van der Waals surface area contributed by atoms with Crippen molar-refractivity contribution in [3.63, 3.8) is 0 Å². The molecule has 3 nitrogen and oxygen atoms in total. The van der Waals surface area contributed by atoms with Crippen LogP contribution in [0, 0.1) is 17.8 Å². The molecule has 5 atom stereocenters. The Labute approximate surface area is 134 Å². The Hall–Kier alpha value is -0.613. The molecule has 122 valence electrons. The number of carbonyl (C=O) groups excluding carboxylic acids is 1. The number of rotatable bonds is 2. The number of ether oxygens (including phenoxy) is 2. The lowest BCUT2D eigenvalue weighted by Gasteiger charge is -2.56. The minimum absolute atomic E-state index is 0.00674. The highest BCUT2D eigenvalue weighted by molar-refractivity contribution is 6.83. The van der Waals surface area contributed by atoms with Gasteiger partial charge in [0.25, 0.3) is 0 Å². The summed E-state index contributed by atoms with van der Waals surface area (Å²) in [5.74, 6) is 1.85. The summed E-state index contributed by atoms with van der Waals surface area (Å²) in [6.45, 7) is 7.17. The third-order valence-corrected chi connectivity index (χ3v) is 8.86. The Bertz CT molecular complexity index is 547. The summed E-state index contributed by atoms with van der Waals surface area (Å²) < 4.78 is 11.8. The summed E-state index contributed by atoms with van der Waals surface area (Å²) in [6.07, 6.45) is 7.55. The molecule has 5 rings (SSSR count). The van der Waals surface area contributed by atoms with Gasteiger partial charge in [-0.25, -0.2) is 4.79 Å². The van der Waals surface area contributed by atoms with Crippen LogP contribution in [0.25, 0.3) is 0 Å². The van der Waals surface area contributed by atoms with Gasteiger partial charge in [-0.15, -0.1) is 0 Å². The van der Waals surface area contributed by atoms with Crippen molar-refractivity contribution in [3.8, 4) is 0 Å². The third-order valence-electron chi connectivity index (χ3n) is 6.66. The average molecular weight is 321 g/mol.